The van der Waals surface area contributed by atoms with Gasteiger partial charge in [0.25, 0.3) is 5.91 Å². The summed E-state index contributed by atoms with van der Waals surface area (Å²) in [5.74, 6) is 1.29. The fourth-order valence-corrected chi connectivity index (χ4v) is 3.99. The van der Waals surface area contributed by atoms with Crippen molar-refractivity contribution in [2.24, 2.45) is 11.8 Å². The Morgan fingerprint density at radius 2 is 2.12 bits per heavy atom. The average molecular weight is 333 g/mol. The van der Waals surface area contributed by atoms with Gasteiger partial charge in [0.05, 0.1) is 12.2 Å². The molecule has 1 amide bonds. The molecule has 1 saturated carbocycles. The quantitative estimate of drug-likeness (QED) is 0.839. The molecule has 0 bridgehead atoms. The minimum atomic E-state index is -0.0587. The third-order valence-electron chi connectivity index (χ3n) is 5.52. The molecule has 6 nitrogen and oxygen atoms in total. The standard InChI is InChI=1S/C18H31N5O/c1-13(2)6-7-14-4-3-5-16(14)20-18(24)17-12-23(22-21-17)15-8-10-19-11-9-15/h12-16,19H,3-11H2,1-2H3,(H,20,24). The van der Waals surface area contributed by atoms with E-state index in [0.717, 1.165) is 38.3 Å². The van der Waals surface area contributed by atoms with E-state index in [4.69, 9.17) is 0 Å². The summed E-state index contributed by atoms with van der Waals surface area (Å²) < 4.78 is 1.88. The molecule has 2 N–H and O–H groups in total. The van der Waals surface area contributed by atoms with Gasteiger partial charge in [0.2, 0.25) is 0 Å². The van der Waals surface area contributed by atoms with Crippen LogP contribution in [0.5, 0.6) is 0 Å². The molecule has 1 aromatic heterocycles. The van der Waals surface area contributed by atoms with Crippen molar-refractivity contribution in [2.45, 2.75) is 70.9 Å². The molecular weight excluding hydrogens is 302 g/mol. The number of piperidine rings is 1. The number of carbonyl (C=O) groups excluding carboxylic acids is 1. The Balaban J connectivity index is 1.55. The molecule has 0 radical (unpaired) electrons. The lowest BCUT2D eigenvalue weighted by molar-refractivity contribution is 0.0921. The Morgan fingerprint density at radius 1 is 1.33 bits per heavy atom. The fraction of sp³-hybridized carbons (Fsp3) is 0.833. The zero-order valence-corrected chi connectivity index (χ0v) is 15.0. The Kier molecular flexibility index (Phi) is 5.87. The highest BCUT2D eigenvalue weighted by Crippen LogP contribution is 2.30. The van der Waals surface area contributed by atoms with Gasteiger partial charge in [-0.25, -0.2) is 4.68 Å². The molecule has 3 rings (SSSR count). The minimum Gasteiger partial charge on any atom is -0.348 e. The van der Waals surface area contributed by atoms with Gasteiger partial charge >= 0.3 is 0 Å². The van der Waals surface area contributed by atoms with E-state index in [-0.39, 0.29) is 5.91 Å². The first-order chi connectivity index (χ1) is 11.6. The molecular formula is C18H31N5O. The van der Waals surface area contributed by atoms with E-state index < -0.39 is 0 Å². The summed E-state index contributed by atoms with van der Waals surface area (Å²) in [6, 6.07) is 0.672. The predicted molar refractivity (Wildman–Crippen MR) is 93.8 cm³/mol. The van der Waals surface area contributed by atoms with Crippen LogP contribution in [0.25, 0.3) is 0 Å². The summed E-state index contributed by atoms with van der Waals surface area (Å²) in [6.45, 7) is 6.54. The van der Waals surface area contributed by atoms with Gasteiger partial charge in [-0.05, 0) is 57.0 Å². The highest BCUT2D eigenvalue weighted by Gasteiger charge is 2.29. The molecule has 134 valence electrons. The first-order valence-electron chi connectivity index (χ1n) is 9.57. The van der Waals surface area contributed by atoms with Crippen LogP contribution in [0.1, 0.15) is 75.3 Å². The molecule has 1 aromatic rings. The van der Waals surface area contributed by atoms with Crippen molar-refractivity contribution < 1.29 is 4.79 Å². The van der Waals surface area contributed by atoms with E-state index in [1.807, 2.05) is 10.9 Å². The molecule has 2 unspecified atom stereocenters. The van der Waals surface area contributed by atoms with Gasteiger partial charge in [-0.1, -0.05) is 31.9 Å². The zero-order valence-electron chi connectivity index (χ0n) is 15.0. The molecule has 2 atom stereocenters. The maximum Gasteiger partial charge on any atom is 0.273 e. The van der Waals surface area contributed by atoms with Crippen molar-refractivity contribution in [1.82, 2.24) is 25.6 Å². The number of rotatable bonds is 6. The summed E-state index contributed by atoms with van der Waals surface area (Å²) >= 11 is 0. The van der Waals surface area contributed by atoms with Crippen molar-refractivity contribution in [3.05, 3.63) is 11.9 Å². The van der Waals surface area contributed by atoms with E-state index >= 15 is 0 Å². The lowest BCUT2D eigenvalue weighted by Crippen LogP contribution is -2.37. The number of aromatic nitrogens is 3. The molecule has 0 spiro atoms. The van der Waals surface area contributed by atoms with Gasteiger partial charge in [0.15, 0.2) is 5.69 Å². The Morgan fingerprint density at radius 3 is 2.88 bits per heavy atom. The molecule has 0 aromatic carbocycles. The maximum absolute atomic E-state index is 12.5. The molecule has 1 saturated heterocycles. The third-order valence-corrected chi connectivity index (χ3v) is 5.52. The normalized spacial score (nSPS) is 25.3. The molecule has 2 aliphatic rings. The Bertz CT molecular complexity index is 535. The Labute approximate surface area is 144 Å². The van der Waals surface area contributed by atoms with Crippen LogP contribution in [-0.4, -0.2) is 40.0 Å². The molecule has 2 heterocycles. The summed E-state index contributed by atoms with van der Waals surface area (Å²) in [6.07, 6.45) is 9.91. The molecule has 1 aliphatic heterocycles. The van der Waals surface area contributed by atoms with Crippen LogP contribution in [0.15, 0.2) is 6.20 Å². The van der Waals surface area contributed by atoms with Crippen molar-refractivity contribution in [3.63, 3.8) is 0 Å². The topological polar surface area (TPSA) is 71.8 Å². The van der Waals surface area contributed by atoms with Crippen molar-refractivity contribution in [3.8, 4) is 0 Å². The van der Waals surface area contributed by atoms with E-state index in [0.29, 0.717) is 23.7 Å². The van der Waals surface area contributed by atoms with Crippen LogP contribution in [0.3, 0.4) is 0 Å². The van der Waals surface area contributed by atoms with Crippen molar-refractivity contribution in [1.29, 1.82) is 0 Å². The van der Waals surface area contributed by atoms with Gasteiger partial charge < -0.3 is 10.6 Å². The first-order valence-corrected chi connectivity index (χ1v) is 9.57. The second kappa shape index (κ2) is 8.10. The van der Waals surface area contributed by atoms with Crippen LogP contribution < -0.4 is 10.6 Å². The zero-order chi connectivity index (χ0) is 16.9. The van der Waals surface area contributed by atoms with Crippen LogP contribution in [0.4, 0.5) is 0 Å². The van der Waals surface area contributed by atoms with E-state index in [1.165, 1.54) is 25.7 Å². The highest BCUT2D eigenvalue weighted by molar-refractivity contribution is 5.92. The summed E-state index contributed by atoms with van der Waals surface area (Å²) in [7, 11) is 0. The minimum absolute atomic E-state index is 0.0587. The van der Waals surface area contributed by atoms with Crippen molar-refractivity contribution >= 4 is 5.91 Å². The summed E-state index contributed by atoms with van der Waals surface area (Å²) in [4.78, 5) is 12.5. The van der Waals surface area contributed by atoms with Crippen molar-refractivity contribution in [2.75, 3.05) is 13.1 Å². The third kappa shape index (κ3) is 4.35. The van der Waals surface area contributed by atoms with Gasteiger partial charge in [-0.2, -0.15) is 0 Å². The molecule has 1 aliphatic carbocycles. The number of hydrogen-bond donors (Lipinski definition) is 2. The summed E-state index contributed by atoms with van der Waals surface area (Å²) in [5, 5.41) is 14.9. The van der Waals surface area contributed by atoms with Crippen LogP contribution >= 0.6 is 0 Å². The SMILES string of the molecule is CC(C)CCC1CCCC1NC(=O)c1cn(C2CCNCC2)nn1. The second-order valence-electron chi connectivity index (χ2n) is 7.81. The highest BCUT2D eigenvalue weighted by atomic mass is 16.2. The van der Waals surface area contributed by atoms with Crippen LogP contribution in [0, 0.1) is 11.8 Å². The maximum atomic E-state index is 12.5. The van der Waals surface area contributed by atoms with Gasteiger partial charge in [-0.15, -0.1) is 5.10 Å². The average Bonchev–Trinajstić information content (AvgIpc) is 3.23. The smallest absolute Gasteiger partial charge is 0.273 e. The number of hydrogen-bond acceptors (Lipinski definition) is 4. The fourth-order valence-electron chi connectivity index (χ4n) is 3.99. The Hall–Kier alpha value is -1.43. The number of carbonyl (C=O) groups is 1. The summed E-state index contributed by atoms with van der Waals surface area (Å²) in [5.41, 5.74) is 0.461. The predicted octanol–water partition coefficient (Wildman–Crippen LogP) is 2.54. The first kappa shape index (κ1) is 17.4. The number of amides is 1. The van der Waals surface area contributed by atoms with Gasteiger partial charge in [0.1, 0.15) is 0 Å². The lowest BCUT2D eigenvalue weighted by Gasteiger charge is -2.22. The van der Waals surface area contributed by atoms with Gasteiger partial charge in [0, 0.05) is 6.04 Å². The van der Waals surface area contributed by atoms with E-state index in [1.54, 1.807) is 0 Å². The van der Waals surface area contributed by atoms with Crippen LogP contribution in [-0.2, 0) is 0 Å². The molecule has 2 fully saturated rings. The second-order valence-corrected chi connectivity index (χ2v) is 7.81. The molecule has 24 heavy (non-hydrogen) atoms. The monoisotopic (exact) mass is 333 g/mol. The molecule has 6 heteroatoms. The van der Waals surface area contributed by atoms with E-state index in [2.05, 4.69) is 34.8 Å². The van der Waals surface area contributed by atoms with Gasteiger partial charge in [-0.3, -0.25) is 4.79 Å². The lowest BCUT2D eigenvalue weighted by atomic mass is 9.93. The van der Waals surface area contributed by atoms with Crippen LogP contribution in [0.2, 0.25) is 0 Å². The van der Waals surface area contributed by atoms with E-state index in [9.17, 15) is 4.79 Å². The number of nitrogens with zero attached hydrogens (tertiary/aromatic N) is 3. The number of nitrogens with one attached hydrogen (secondary N) is 2. The largest absolute Gasteiger partial charge is 0.348 e.